The molecule has 1 N–H and O–H groups in total. The summed E-state index contributed by atoms with van der Waals surface area (Å²) in [5, 5.41) is 10.0. The minimum absolute atomic E-state index is 0.123. The van der Waals surface area contributed by atoms with Crippen molar-refractivity contribution >= 4 is 11.8 Å². The van der Waals surface area contributed by atoms with Crippen molar-refractivity contribution in [2.24, 2.45) is 0 Å². The molecule has 1 fully saturated rings. The van der Waals surface area contributed by atoms with Gasteiger partial charge in [0.05, 0.1) is 6.10 Å². The summed E-state index contributed by atoms with van der Waals surface area (Å²) in [5.74, 6) is -0.305. The molecule has 1 aliphatic rings. The molecule has 1 nitrogen and oxygen atoms in total. The summed E-state index contributed by atoms with van der Waals surface area (Å²) in [6, 6.07) is 6.47. The van der Waals surface area contributed by atoms with Gasteiger partial charge in [0, 0.05) is 10.3 Å². The minimum Gasteiger partial charge on any atom is -0.387 e. The fraction of sp³-hybridized carbons (Fsp3) is 0.455. The van der Waals surface area contributed by atoms with E-state index in [0.717, 1.165) is 12.8 Å². The topological polar surface area (TPSA) is 20.2 Å². The summed E-state index contributed by atoms with van der Waals surface area (Å²) in [7, 11) is 0. The lowest BCUT2D eigenvalue weighted by Gasteiger charge is -2.20. The smallest absolute Gasteiger partial charge is 0.129 e. The molecule has 0 aliphatic heterocycles. The molecule has 0 heterocycles. The zero-order valence-electron chi connectivity index (χ0n) is 8.03. The molecule has 14 heavy (non-hydrogen) atoms. The van der Waals surface area contributed by atoms with E-state index in [1.165, 1.54) is 6.07 Å². The average Bonchev–Trinajstić information content (AvgIpc) is 2.98. The third kappa shape index (κ3) is 1.55. The van der Waals surface area contributed by atoms with Crippen LogP contribution in [0.1, 0.15) is 24.5 Å². The zero-order valence-corrected chi connectivity index (χ0v) is 8.85. The molecule has 1 unspecified atom stereocenters. The van der Waals surface area contributed by atoms with Crippen molar-refractivity contribution in [1.29, 1.82) is 0 Å². The lowest BCUT2D eigenvalue weighted by Crippen LogP contribution is -2.17. The molecule has 0 amide bonds. The van der Waals surface area contributed by atoms with Gasteiger partial charge in [-0.25, -0.2) is 4.39 Å². The Morgan fingerprint density at radius 2 is 2.07 bits per heavy atom. The highest BCUT2D eigenvalue weighted by molar-refractivity contribution is 8.00. The fourth-order valence-electron chi connectivity index (χ4n) is 1.69. The second-order valence-electron chi connectivity index (χ2n) is 3.69. The number of aliphatic hydroxyl groups is 1. The maximum Gasteiger partial charge on any atom is 0.129 e. The van der Waals surface area contributed by atoms with E-state index in [0.29, 0.717) is 5.56 Å². The first-order chi connectivity index (χ1) is 6.69. The molecule has 2 rings (SSSR count). The molecular weight excluding hydrogens is 199 g/mol. The van der Waals surface area contributed by atoms with Gasteiger partial charge in [-0.05, 0) is 25.2 Å². The van der Waals surface area contributed by atoms with Crippen LogP contribution in [0.4, 0.5) is 4.39 Å². The highest BCUT2D eigenvalue weighted by atomic mass is 32.2. The number of halogens is 1. The van der Waals surface area contributed by atoms with Crippen LogP contribution in [0.3, 0.4) is 0 Å². The molecule has 1 saturated carbocycles. The van der Waals surface area contributed by atoms with E-state index >= 15 is 0 Å². The van der Waals surface area contributed by atoms with Gasteiger partial charge in [-0.1, -0.05) is 18.2 Å². The Labute approximate surface area is 87.3 Å². The van der Waals surface area contributed by atoms with Crippen molar-refractivity contribution in [2.45, 2.75) is 23.7 Å². The molecule has 0 bridgehead atoms. The Hall–Kier alpha value is -0.540. The number of rotatable bonds is 3. The maximum absolute atomic E-state index is 13.4. The Morgan fingerprint density at radius 3 is 2.57 bits per heavy atom. The quantitative estimate of drug-likeness (QED) is 0.831. The van der Waals surface area contributed by atoms with Crippen LogP contribution < -0.4 is 0 Å². The average molecular weight is 212 g/mol. The van der Waals surface area contributed by atoms with Crippen molar-refractivity contribution in [3.63, 3.8) is 0 Å². The van der Waals surface area contributed by atoms with Crippen LogP contribution in [0, 0.1) is 5.82 Å². The molecule has 76 valence electrons. The third-order valence-electron chi connectivity index (χ3n) is 2.85. The second kappa shape index (κ2) is 3.55. The number of hydrogen-bond acceptors (Lipinski definition) is 2. The fourth-order valence-corrected chi connectivity index (χ4v) is 2.55. The van der Waals surface area contributed by atoms with E-state index < -0.39 is 6.10 Å². The standard InChI is InChI=1S/C11H13FOS/c1-14-11(6-7-11)10(13)8-4-2-3-5-9(8)12/h2-5,10,13H,6-7H2,1H3. The number of hydrogen-bond donors (Lipinski definition) is 1. The van der Waals surface area contributed by atoms with Crippen LogP contribution in [0.5, 0.6) is 0 Å². The Morgan fingerprint density at radius 1 is 1.43 bits per heavy atom. The van der Waals surface area contributed by atoms with Gasteiger partial charge in [0.15, 0.2) is 0 Å². The van der Waals surface area contributed by atoms with Gasteiger partial charge >= 0.3 is 0 Å². The monoisotopic (exact) mass is 212 g/mol. The molecule has 0 saturated heterocycles. The van der Waals surface area contributed by atoms with E-state index in [1.54, 1.807) is 30.0 Å². The van der Waals surface area contributed by atoms with Gasteiger partial charge in [-0.2, -0.15) is 11.8 Å². The van der Waals surface area contributed by atoms with Gasteiger partial charge in [-0.15, -0.1) is 0 Å². The van der Waals surface area contributed by atoms with Crippen molar-refractivity contribution in [2.75, 3.05) is 6.26 Å². The predicted octanol–water partition coefficient (Wildman–Crippen LogP) is 2.75. The van der Waals surface area contributed by atoms with Crippen LogP contribution in [-0.2, 0) is 0 Å². The molecular formula is C11H13FOS. The van der Waals surface area contributed by atoms with E-state index in [1.807, 2.05) is 6.26 Å². The van der Waals surface area contributed by atoms with Crippen LogP contribution in [-0.4, -0.2) is 16.1 Å². The first-order valence-corrected chi connectivity index (χ1v) is 5.90. The van der Waals surface area contributed by atoms with Crippen LogP contribution >= 0.6 is 11.8 Å². The summed E-state index contributed by atoms with van der Waals surface area (Å²) in [5.41, 5.74) is 0.430. The van der Waals surface area contributed by atoms with Crippen molar-refractivity contribution < 1.29 is 9.50 Å². The lowest BCUT2D eigenvalue weighted by atomic mass is 10.0. The second-order valence-corrected chi connectivity index (χ2v) is 4.91. The molecule has 1 aromatic carbocycles. The molecule has 0 spiro atoms. The molecule has 1 aliphatic carbocycles. The number of aliphatic hydroxyl groups excluding tert-OH is 1. The lowest BCUT2D eigenvalue weighted by molar-refractivity contribution is 0.162. The van der Waals surface area contributed by atoms with E-state index in [-0.39, 0.29) is 10.6 Å². The highest BCUT2D eigenvalue weighted by Gasteiger charge is 2.49. The Bertz CT molecular complexity index is 336. The van der Waals surface area contributed by atoms with E-state index in [2.05, 4.69) is 0 Å². The predicted molar refractivity (Wildman–Crippen MR) is 56.8 cm³/mol. The van der Waals surface area contributed by atoms with E-state index in [4.69, 9.17) is 0 Å². The molecule has 0 radical (unpaired) electrons. The van der Waals surface area contributed by atoms with Crippen molar-refractivity contribution in [3.8, 4) is 0 Å². The first kappa shape index (κ1) is 9.99. The molecule has 3 heteroatoms. The summed E-state index contributed by atoms with van der Waals surface area (Å²) < 4.78 is 13.2. The Balaban J connectivity index is 2.27. The van der Waals surface area contributed by atoms with E-state index in [9.17, 15) is 9.50 Å². The molecule has 1 aromatic rings. The molecule has 0 aromatic heterocycles. The maximum atomic E-state index is 13.4. The van der Waals surface area contributed by atoms with Gasteiger partial charge < -0.3 is 5.11 Å². The van der Waals surface area contributed by atoms with Gasteiger partial charge in [0.25, 0.3) is 0 Å². The van der Waals surface area contributed by atoms with Gasteiger partial charge in [-0.3, -0.25) is 0 Å². The SMILES string of the molecule is CSC1(C(O)c2ccccc2F)CC1. The zero-order chi connectivity index (χ0) is 10.2. The summed E-state index contributed by atoms with van der Waals surface area (Å²) in [6.07, 6.45) is 3.25. The van der Waals surface area contributed by atoms with Crippen LogP contribution in [0.25, 0.3) is 0 Å². The number of benzene rings is 1. The van der Waals surface area contributed by atoms with Gasteiger partial charge in [0.2, 0.25) is 0 Å². The highest BCUT2D eigenvalue weighted by Crippen LogP contribution is 2.55. The molecule has 1 atom stereocenters. The summed E-state index contributed by atoms with van der Waals surface area (Å²) in [6.45, 7) is 0. The summed E-state index contributed by atoms with van der Waals surface area (Å²) in [4.78, 5) is 0. The largest absolute Gasteiger partial charge is 0.387 e. The Kier molecular flexibility index (Phi) is 2.54. The van der Waals surface area contributed by atoms with Crippen LogP contribution in [0.2, 0.25) is 0 Å². The summed E-state index contributed by atoms with van der Waals surface area (Å²) >= 11 is 1.63. The third-order valence-corrected chi connectivity index (χ3v) is 4.29. The van der Waals surface area contributed by atoms with Crippen molar-refractivity contribution in [1.82, 2.24) is 0 Å². The van der Waals surface area contributed by atoms with Crippen molar-refractivity contribution in [3.05, 3.63) is 35.6 Å². The normalized spacial score (nSPS) is 20.5. The number of thioether (sulfide) groups is 1. The first-order valence-electron chi connectivity index (χ1n) is 4.67. The van der Waals surface area contributed by atoms with Gasteiger partial charge in [0.1, 0.15) is 5.82 Å². The minimum atomic E-state index is -0.668. The van der Waals surface area contributed by atoms with Crippen LogP contribution in [0.15, 0.2) is 24.3 Å².